The Kier molecular flexibility index (Phi) is 17.7. The number of ether oxygens (including phenoxy) is 3. The monoisotopic (exact) mass is 889 g/mol. The maximum absolute atomic E-state index is 13.2. The van der Waals surface area contributed by atoms with Gasteiger partial charge in [0.25, 0.3) is 5.91 Å². The third kappa shape index (κ3) is 10.8. The van der Waals surface area contributed by atoms with Crippen molar-refractivity contribution in [1.29, 1.82) is 0 Å². The fourth-order valence-corrected chi connectivity index (χ4v) is 8.24. The summed E-state index contributed by atoms with van der Waals surface area (Å²) < 4.78 is 15.0. The van der Waals surface area contributed by atoms with Gasteiger partial charge >= 0.3 is 47.5 Å². The molecule has 0 saturated carbocycles. The molecule has 2 aliphatic heterocycles. The fourth-order valence-electron chi connectivity index (χ4n) is 8.10. The van der Waals surface area contributed by atoms with E-state index in [1.165, 1.54) is 26.0 Å². The molecule has 0 radical (unpaired) electrons. The van der Waals surface area contributed by atoms with Crippen molar-refractivity contribution in [3.63, 3.8) is 0 Å². The Bertz CT molecular complexity index is 2570. The number of nitrogens with zero attached hydrogens (tertiary/aromatic N) is 2. The van der Waals surface area contributed by atoms with E-state index in [1.54, 1.807) is 4.90 Å². The standard InChI is InChI=1S/C23H22N2O5.C21H19ClN2O3.C2H4O2.CH4.Na.H2/c1-14(26)30-13-20(27)25-19(23(28)29-2)12-17-16-10-6-7-11-18(16)24-21(17)22(25)15-8-4-3-5-9-15;1-27-21(26)17-11-15-14-9-5-6-10-16(14)23-19(15)20(24(17)18(25)12-22)13-7-3-2-4-8-13;1-2(3)4;;;/h3-11,19,22,24H,12-13H2,1-2H3;2-10,17,20,23H,11-12H2,1H3;1H3,(H,3,4);1H4;;1H/q;;;;+1;/p-1/t19-,22?;17-,20?;;;;/m00..../s1/i;;;;;1+1. The van der Waals surface area contributed by atoms with Gasteiger partial charge in [-0.15, -0.1) is 11.6 Å². The zero-order valence-corrected chi connectivity index (χ0v) is 37.6. The van der Waals surface area contributed by atoms with Crippen LogP contribution in [-0.4, -0.2) is 94.2 Å². The van der Waals surface area contributed by atoms with Crippen molar-refractivity contribution >= 4 is 69.1 Å². The van der Waals surface area contributed by atoms with Crippen LogP contribution >= 0.6 is 11.6 Å². The Morgan fingerprint density at radius 1 is 0.651 bits per heavy atom. The van der Waals surface area contributed by atoms with Gasteiger partial charge in [-0.05, 0) is 41.3 Å². The van der Waals surface area contributed by atoms with Crippen LogP contribution in [0.4, 0.5) is 0 Å². The summed E-state index contributed by atoms with van der Waals surface area (Å²) in [5.41, 5.74) is 7.45. The number of nitrogens with one attached hydrogen (secondary N) is 2. The quantitative estimate of drug-likeness (QED) is 0.104. The number of amides is 2. The number of esters is 3. The second-order valence-corrected chi connectivity index (χ2v) is 14.5. The van der Waals surface area contributed by atoms with Crippen LogP contribution in [-0.2, 0) is 55.8 Å². The summed E-state index contributed by atoms with van der Waals surface area (Å²) in [5.74, 6) is -3.55. The average Bonchev–Trinajstić information content (AvgIpc) is 3.84. The number of alkyl halides is 1. The van der Waals surface area contributed by atoms with Gasteiger partial charge < -0.3 is 43.9 Å². The molecule has 0 fully saturated rings. The molecule has 16 heteroatoms. The van der Waals surface area contributed by atoms with Crippen molar-refractivity contribution in [1.82, 2.24) is 19.8 Å². The van der Waals surface area contributed by atoms with Crippen LogP contribution in [0.25, 0.3) is 21.8 Å². The van der Waals surface area contributed by atoms with Gasteiger partial charge in [0.1, 0.15) is 18.0 Å². The number of hydrogen-bond acceptors (Lipinski definition) is 10. The molecule has 6 aromatic rings. The Hall–Kier alpha value is -5.93. The number of fused-ring (bicyclic) bond motifs is 6. The number of benzene rings is 4. The molecule has 0 saturated heterocycles. The molecule has 2 N–H and O–H groups in total. The van der Waals surface area contributed by atoms with Gasteiger partial charge in [0.2, 0.25) is 5.91 Å². The Balaban J connectivity index is 0.000000302. The first-order valence-electron chi connectivity index (χ1n) is 19.3. The summed E-state index contributed by atoms with van der Waals surface area (Å²) in [6.45, 7) is 1.77. The van der Waals surface area contributed by atoms with Crippen LogP contribution in [0.2, 0.25) is 0 Å². The van der Waals surface area contributed by atoms with E-state index in [0.29, 0.717) is 12.8 Å². The summed E-state index contributed by atoms with van der Waals surface area (Å²) in [4.78, 5) is 81.4. The van der Waals surface area contributed by atoms with E-state index in [2.05, 4.69) is 9.97 Å². The molecule has 4 aromatic carbocycles. The summed E-state index contributed by atoms with van der Waals surface area (Å²) >= 11 is 5.90. The molecule has 0 spiro atoms. The van der Waals surface area contributed by atoms with Crippen molar-refractivity contribution in [2.45, 2.75) is 58.3 Å². The third-order valence-electron chi connectivity index (χ3n) is 10.5. The maximum atomic E-state index is 13.2. The molecule has 14 nitrogen and oxygen atoms in total. The number of aromatic amines is 2. The SMILES string of the molecule is C.CC(=O)[O-].COC(=O)[C@@H]1Cc2c([nH]c3ccccc23)C(c2ccccc2)N1C(=O)CCl.COC(=O)[C@@H]1Cc2c([nH]c3ccccc23)C(c2ccccc2)N1C(=O)COC(C)=O.[2HH].[Na+]. The minimum atomic E-state index is -1.08. The van der Waals surface area contributed by atoms with Crippen molar-refractivity contribution in [2.75, 3.05) is 26.7 Å². The molecule has 8 rings (SSSR count). The van der Waals surface area contributed by atoms with Gasteiger partial charge in [-0.2, -0.15) is 0 Å². The molecule has 0 bridgehead atoms. The molecule has 326 valence electrons. The predicted molar refractivity (Wildman–Crippen MR) is 233 cm³/mol. The average molecular weight is 890 g/mol. The number of aromatic nitrogens is 2. The van der Waals surface area contributed by atoms with Gasteiger partial charge in [-0.3, -0.25) is 14.4 Å². The van der Waals surface area contributed by atoms with E-state index >= 15 is 0 Å². The van der Waals surface area contributed by atoms with Crippen LogP contribution in [0.5, 0.6) is 0 Å². The topological polar surface area (TPSA) is 191 Å². The van der Waals surface area contributed by atoms with Gasteiger partial charge in [0.15, 0.2) is 6.61 Å². The minimum absolute atomic E-state index is 0. The van der Waals surface area contributed by atoms with Gasteiger partial charge in [-0.1, -0.05) is 104 Å². The van der Waals surface area contributed by atoms with Crippen LogP contribution in [0, 0.1) is 0 Å². The van der Waals surface area contributed by atoms with Crippen LogP contribution in [0.15, 0.2) is 109 Å². The Morgan fingerprint density at radius 2 is 1.02 bits per heavy atom. The number of carbonyl (C=O) groups excluding carboxylic acids is 6. The minimum Gasteiger partial charge on any atom is -0.550 e. The molecule has 0 aliphatic carbocycles. The number of carboxylic acids is 1. The van der Waals surface area contributed by atoms with E-state index in [9.17, 15) is 24.0 Å². The molecular weight excluding hydrogens is 839 g/mol. The second-order valence-electron chi connectivity index (χ2n) is 14.2. The largest absolute Gasteiger partial charge is 1.00 e. The maximum Gasteiger partial charge on any atom is 1.00 e. The third-order valence-corrected chi connectivity index (χ3v) is 10.8. The first-order valence-corrected chi connectivity index (χ1v) is 19.9. The normalized spacial score (nSPS) is 17.1. The van der Waals surface area contributed by atoms with Crippen LogP contribution in [0.1, 0.15) is 68.4 Å². The van der Waals surface area contributed by atoms with Crippen molar-refractivity contribution in [3.05, 3.63) is 143 Å². The first kappa shape index (κ1) is 49.7. The molecule has 2 aliphatic rings. The number of halogens is 1. The van der Waals surface area contributed by atoms with Gasteiger partial charge in [0.05, 0.1) is 26.3 Å². The number of hydrogen-bond donors (Lipinski definition) is 2. The smallest absolute Gasteiger partial charge is 0.550 e. The number of H-pyrrole nitrogens is 2. The zero-order chi connectivity index (χ0) is 43.8. The van der Waals surface area contributed by atoms with Crippen LogP contribution in [0.3, 0.4) is 0 Å². The molecule has 4 heterocycles. The number of carbonyl (C=O) groups is 6. The molecule has 4 atom stereocenters. The number of para-hydroxylation sites is 2. The van der Waals surface area contributed by atoms with Crippen molar-refractivity contribution < 1.29 is 79.1 Å². The van der Waals surface area contributed by atoms with Gasteiger partial charge in [0, 0.05) is 60.4 Å². The zero-order valence-electron chi connectivity index (χ0n) is 34.9. The number of methoxy groups -OCH3 is 2. The van der Waals surface area contributed by atoms with E-state index < -0.39 is 60.6 Å². The summed E-state index contributed by atoms with van der Waals surface area (Å²) in [5, 5.41) is 11.0. The van der Waals surface area contributed by atoms with Crippen molar-refractivity contribution in [2.24, 2.45) is 0 Å². The molecule has 63 heavy (non-hydrogen) atoms. The van der Waals surface area contributed by atoms with E-state index in [-0.39, 0.29) is 50.2 Å². The van der Waals surface area contributed by atoms with Crippen molar-refractivity contribution in [3.8, 4) is 0 Å². The van der Waals surface area contributed by atoms with E-state index in [4.69, 9.17) is 35.7 Å². The van der Waals surface area contributed by atoms with Gasteiger partial charge in [-0.25, -0.2) is 9.59 Å². The molecule has 2 amide bonds. The molecular formula is C47H50ClN4NaO10. The molecule has 2 aromatic heterocycles. The number of carboxylic acid groups (broad SMARTS) is 1. The summed E-state index contributed by atoms with van der Waals surface area (Å²) in [7, 11) is 2.65. The van der Waals surface area contributed by atoms with E-state index in [0.717, 1.165) is 62.4 Å². The Morgan fingerprint density at radius 3 is 1.38 bits per heavy atom. The number of rotatable bonds is 7. The first-order chi connectivity index (χ1) is 29.4. The second kappa shape index (κ2) is 22.4. The number of aliphatic carboxylic acids is 1. The molecule has 2 unspecified atom stereocenters. The summed E-state index contributed by atoms with van der Waals surface area (Å²) in [6, 6.07) is 32.4. The predicted octanol–water partition coefficient (Wildman–Crippen LogP) is 2.81. The fraction of sp³-hybridized carbons (Fsp3) is 0.277. The Labute approximate surface area is 393 Å². The van der Waals surface area contributed by atoms with E-state index in [1.807, 2.05) is 109 Å². The van der Waals surface area contributed by atoms with Crippen LogP contribution < -0.4 is 34.7 Å². The summed E-state index contributed by atoms with van der Waals surface area (Å²) in [6.07, 6.45) is 0.694.